The molecule has 8 aliphatic heterocycles. The first kappa shape index (κ1) is 92.1. The van der Waals surface area contributed by atoms with Crippen molar-refractivity contribution < 1.29 is 237 Å². The van der Waals surface area contributed by atoms with Gasteiger partial charge in [-0.25, -0.2) is 0 Å². The summed E-state index contributed by atoms with van der Waals surface area (Å²) in [6.45, 7) is -2.53. The van der Waals surface area contributed by atoms with E-state index in [-0.39, 0.29) is 0 Å². The van der Waals surface area contributed by atoms with Gasteiger partial charge in [0.25, 0.3) is 0 Å². The van der Waals surface area contributed by atoms with Crippen LogP contribution in [0.2, 0.25) is 0 Å². The number of rotatable bonds is 8. The van der Waals surface area contributed by atoms with Crippen LogP contribution in [0.4, 0.5) is 0 Å². The minimum Gasteiger partial charge on any atom is -0.394 e. The quantitative estimate of drug-likeness (QED) is 0.107. The first-order chi connectivity index (χ1) is 44.6. The fraction of sp³-hybridized carbons (Fsp3) is 1.00. The van der Waals surface area contributed by atoms with E-state index in [4.69, 9.17) is 194 Å². The minimum absolute atomic E-state index is 0.415. The molecule has 0 saturated carbocycles. The molecule has 8 rings (SSSR count). The predicted molar refractivity (Wildman–Crippen MR) is 291 cm³/mol. The summed E-state index contributed by atoms with van der Waals surface area (Å²) >= 11 is 0. The Morgan fingerprint density at radius 3 is 0.365 bits per heavy atom. The molecule has 8 heterocycles. The maximum absolute atomic E-state index is 9.32. The molecule has 0 aromatic rings. The highest BCUT2D eigenvalue weighted by Crippen LogP contribution is 2.27. The van der Waals surface area contributed by atoms with E-state index in [1.807, 2.05) is 0 Å². The second-order valence-electron chi connectivity index (χ2n) is 22.1. The highest BCUT2D eigenvalue weighted by molar-refractivity contribution is 4.93. The second-order valence-corrected chi connectivity index (χ2v) is 22.1. The summed E-state index contributed by atoms with van der Waals surface area (Å²) in [6, 6.07) is 0. The van der Waals surface area contributed by atoms with E-state index >= 15 is 0 Å². The van der Waals surface area contributed by atoms with Crippen LogP contribution >= 0.6 is 0 Å². The van der Waals surface area contributed by atoms with Gasteiger partial charge in [-0.2, -0.15) is 0 Å². The summed E-state index contributed by atoms with van der Waals surface area (Å²) in [5, 5.41) is 349. The molecular formula is C49H98O47. The molecule has 47 heteroatoms. The van der Waals surface area contributed by atoms with Crippen LogP contribution in [0.1, 0.15) is 6.92 Å². The fourth-order valence-corrected chi connectivity index (χ4v) is 8.81. The Morgan fingerprint density at radius 2 is 0.250 bits per heavy atom. The monoisotopic (exact) mass is 1440 g/mol. The standard InChI is InChI=1S/C7H14O5.7C6H12O6/c1-3-5(9)6(10)4(2-8)12-7(3)11;7*7-1-2-3(8)4(9)5(10)6(11)12-2/h3-11H,2H2,1H3;7*2-11H,1H2/t3-,4+,5+,6-,7?;2-,3+,4+,5-,6?;2-,3+,4-,5+,6?;2-,3+,4-,5-,6?;2-,3-,4+,5+,6?;2-,3-,4+,5-,6?;2-,3-,4-,5+,6?;2-,3-,4-,5-,6?/m01111111/s1. The Bertz CT molecular complexity index is 1580. The maximum Gasteiger partial charge on any atom is 0.184 e. The minimum atomic E-state index is -1.57. The molecule has 8 unspecified atom stereocenters. The van der Waals surface area contributed by atoms with Crippen LogP contribution in [0.15, 0.2) is 0 Å². The molecule has 96 heavy (non-hydrogen) atoms. The van der Waals surface area contributed by atoms with Crippen LogP contribution in [0.5, 0.6) is 0 Å². The van der Waals surface area contributed by atoms with Crippen LogP contribution in [-0.2, 0) is 37.9 Å². The van der Waals surface area contributed by atoms with Crippen molar-refractivity contribution in [2.45, 2.75) is 246 Å². The SMILES string of the molecule is C[C@@H]1C(O)O[C@H](CO)[C@H](O)[C@@H]1O.OC[C@H]1OC(O)[C@@H](O)[C@@H](O)[C@@H]1O.OC[C@H]1OC(O)[C@@H](O)[C@H](O)[C@@H]1O.OC[C@H]1OC(O)[C@@H](O)[C@H](O)[C@H]1O.OC[C@H]1OC(O)[C@H](O)[C@@H](O)[C@@H]1O.OC[C@H]1OC(O)[C@H](O)[C@@H](O)[C@H]1O.OC[C@H]1OC(O)[C@H](O)[C@H](O)[C@@H]1O.OC[C@H]1OC(O)[C@H](O)[C@H](O)[C@H]1O. The van der Waals surface area contributed by atoms with Crippen molar-refractivity contribution in [1.82, 2.24) is 0 Å². The van der Waals surface area contributed by atoms with Crippen LogP contribution in [0, 0.1) is 5.92 Å². The molecule has 0 spiro atoms. The average molecular weight is 1440 g/mol. The predicted octanol–water partition coefficient (Wildman–Crippen LogP) is -24.5. The first-order valence-electron chi connectivity index (χ1n) is 28.8. The van der Waals surface area contributed by atoms with Crippen molar-refractivity contribution in [3.8, 4) is 0 Å². The van der Waals surface area contributed by atoms with Crippen LogP contribution in [-0.4, -0.2) is 492 Å². The Balaban J connectivity index is 0.000000549. The van der Waals surface area contributed by atoms with Gasteiger partial charge in [0, 0.05) is 5.92 Å². The van der Waals surface area contributed by atoms with Gasteiger partial charge in [-0.1, -0.05) is 6.92 Å². The second kappa shape index (κ2) is 43.9. The molecule has 8 aliphatic rings. The van der Waals surface area contributed by atoms with Gasteiger partial charge in [0.2, 0.25) is 0 Å². The molecule has 0 aromatic carbocycles. The summed E-state index contributed by atoms with van der Waals surface area (Å²) < 4.78 is 36.9. The van der Waals surface area contributed by atoms with Gasteiger partial charge in [-0.3, -0.25) is 0 Å². The molecule has 0 bridgehead atoms. The lowest BCUT2D eigenvalue weighted by Crippen LogP contribution is -2.58. The average Bonchev–Trinajstić information content (AvgIpc) is 1.03. The number of ether oxygens (including phenoxy) is 8. The molecule has 39 N–H and O–H groups in total. The van der Waals surface area contributed by atoms with Crippen molar-refractivity contribution in [3.63, 3.8) is 0 Å². The van der Waals surface area contributed by atoms with Crippen molar-refractivity contribution in [2.75, 3.05) is 52.9 Å². The summed E-state index contributed by atoms with van der Waals surface area (Å²) in [5.74, 6) is -0.539. The Morgan fingerprint density at radius 1 is 0.146 bits per heavy atom. The number of hydrogen-bond acceptors (Lipinski definition) is 47. The lowest BCUT2D eigenvalue weighted by molar-refractivity contribution is -0.286. The van der Waals surface area contributed by atoms with Gasteiger partial charge in [0.15, 0.2) is 50.3 Å². The Kier molecular flexibility index (Phi) is 42.2. The van der Waals surface area contributed by atoms with E-state index in [0.29, 0.717) is 0 Å². The zero-order chi connectivity index (χ0) is 74.4. The highest BCUT2D eigenvalue weighted by atomic mass is 16.7. The highest BCUT2D eigenvalue weighted by Gasteiger charge is 2.49. The van der Waals surface area contributed by atoms with E-state index in [1.54, 1.807) is 6.92 Å². The number of aliphatic hydroxyl groups excluding tert-OH is 39. The van der Waals surface area contributed by atoms with Gasteiger partial charge < -0.3 is 237 Å². The van der Waals surface area contributed by atoms with Gasteiger partial charge in [0.1, 0.15) is 183 Å². The molecule has 0 radical (unpaired) electrons. The molecule has 40 atom stereocenters. The van der Waals surface area contributed by atoms with E-state index in [2.05, 4.69) is 33.2 Å². The van der Waals surface area contributed by atoms with Gasteiger partial charge in [-0.15, -0.1) is 0 Å². The van der Waals surface area contributed by atoms with Gasteiger partial charge in [-0.05, 0) is 0 Å². The topological polar surface area (TPSA) is 863 Å². The third-order valence-corrected chi connectivity index (χ3v) is 15.3. The summed E-state index contributed by atoms with van der Waals surface area (Å²) in [5.41, 5.74) is 0. The van der Waals surface area contributed by atoms with Crippen LogP contribution < -0.4 is 0 Å². The maximum atomic E-state index is 9.32. The van der Waals surface area contributed by atoms with Gasteiger partial charge in [0.05, 0.1) is 59.0 Å². The molecular weight excluding hydrogens is 1340 g/mol. The van der Waals surface area contributed by atoms with E-state index in [0.717, 1.165) is 0 Å². The van der Waals surface area contributed by atoms with Crippen molar-refractivity contribution in [2.24, 2.45) is 5.92 Å². The van der Waals surface area contributed by atoms with Crippen LogP contribution in [0.3, 0.4) is 0 Å². The molecule has 8 fully saturated rings. The molecule has 0 aromatic heterocycles. The van der Waals surface area contributed by atoms with Crippen molar-refractivity contribution in [1.29, 1.82) is 0 Å². The Labute approximate surface area is 541 Å². The Hall–Kier alpha value is -1.88. The van der Waals surface area contributed by atoms with E-state index in [1.165, 1.54) is 0 Å². The third kappa shape index (κ3) is 25.2. The van der Waals surface area contributed by atoms with Gasteiger partial charge >= 0.3 is 0 Å². The number of hydrogen-bond donors (Lipinski definition) is 39. The zero-order valence-electron chi connectivity index (χ0n) is 50.5. The van der Waals surface area contributed by atoms with Crippen molar-refractivity contribution in [3.05, 3.63) is 0 Å². The third-order valence-electron chi connectivity index (χ3n) is 15.3. The summed E-state index contributed by atoms with van der Waals surface area (Å²) in [7, 11) is 0. The zero-order valence-corrected chi connectivity index (χ0v) is 50.5. The first-order valence-corrected chi connectivity index (χ1v) is 28.8. The smallest absolute Gasteiger partial charge is 0.184 e. The summed E-state index contributed by atoms with van der Waals surface area (Å²) in [6.07, 6.45) is -53.5. The molecule has 576 valence electrons. The lowest BCUT2D eigenvalue weighted by Gasteiger charge is -2.38. The molecule has 0 aliphatic carbocycles. The van der Waals surface area contributed by atoms with Crippen molar-refractivity contribution >= 4 is 0 Å². The molecule has 8 saturated heterocycles. The summed E-state index contributed by atoms with van der Waals surface area (Å²) in [4.78, 5) is 0. The fourth-order valence-electron chi connectivity index (χ4n) is 8.81. The number of aliphatic hydroxyl groups is 39. The molecule has 47 nitrogen and oxygen atoms in total. The molecule has 0 amide bonds. The lowest BCUT2D eigenvalue weighted by atomic mass is 9.93. The van der Waals surface area contributed by atoms with E-state index < -0.39 is 298 Å². The largest absolute Gasteiger partial charge is 0.394 e. The van der Waals surface area contributed by atoms with Crippen LogP contribution in [0.25, 0.3) is 0 Å². The van der Waals surface area contributed by atoms with E-state index in [9.17, 15) is 10.2 Å². The normalized spacial score (nSPS) is 49.2.